The molecule has 1 N–H and O–H groups in total. The van der Waals surface area contributed by atoms with Crippen molar-refractivity contribution >= 4 is 5.91 Å². The van der Waals surface area contributed by atoms with Crippen molar-refractivity contribution in [2.75, 3.05) is 37.7 Å². The van der Waals surface area contributed by atoms with Gasteiger partial charge in [0.2, 0.25) is 0 Å². The fourth-order valence-corrected chi connectivity index (χ4v) is 5.79. The Morgan fingerprint density at radius 2 is 1.51 bits per heavy atom. The Morgan fingerprint density at radius 3 is 2.24 bits per heavy atom. The van der Waals surface area contributed by atoms with Crippen LogP contribution in [0.15, 0.2) is 67.0 Å². The van der Waals surface area contributed by atoms with Gasteiger partial charge in [0.15, 0.2) is 0 Å². The molecule has 6 rings (SSSR count). The van der Waals surface area contributed by atoms with Crippen LogP contribution in [0.2, 0.25) is 0 Å². The highest BCUT2D eigenvalue weighted by atomic mass is 16.1. The van der Waals surface area contributed by atoms with E-state index < -0.39 is 0 Å². The van der Waals surface area contributed by atoms with Crippen molar-refractivity contribution in [1.82, 2.24) is 25.1 Å². The molecule has 0 saturated carbocycles. The summed E-state index contributed by atoms with van der Waals surface area (Å²) in [7, 11) is 0. The maximum atomic E-state index is 13.5. The number of amides is 1. The van der Waals surface area contributed by atoms with Crippen LogP contribution in [-0.2, 0) is 25.8 Å². The van der Waals surface area contributed by atoms with E-state index in [1.54, 1.807) is 6.33 Å². The fourth-order valence-electron chi connectivity index (χ4n) is 5.79. The first-order valence-corrected chi connectivity index (χ1v) is 13.5. The van der Waals surface area contributed by atoms with Crippen LogP contribution in [-0.4, -0.2) is 58.4 Å². The third-order valence-corrected chi connectivity index (χ3v) is 7.76. The van der Waals surface area contributed by atoms with Crippen molar-refractivity contribution in [2.45, 2.75) is 38.6 Å². The van der Waals surface area contributed by atoms with Crippen molar-refractivity contribution in [3.8, 4) is 11.4 Å². The third kappa shape index (κ3) is 4.96. The molecule has 0 bridgehead atoms. The highest BCUT2D eigenvalue weighted by Gasteiger charge is 2.33. The molecule has 7 nitrogen and oxygen atoms in total. The van der Waals surface area contributed by atoms with Crippen LogP contribution in [0.25, 0.3) is 11.4 Å². The molecule has 190 valence electrons. The minimum Gasteiger partial charge on any atom is -0.348 e. The van der Waals surface area contributed by atoms with E-state index in [0.29, 0.717) is 6.54 Å². The average molecular weight is 495 g/mol. The lowest BCUT2D eigenvalue weighted by Crippen LogP contribution is -2.52. The zero-order valence-corrected chi connectivity index (χ0v) is 21.3. The molecule has 1 saturated heterocycles. The van der Waals surface area contributed by atoms with Crippen LogP contribution in [0, 0.1) is 0 Å². The summed E-state index contributed by atoms with van der Waals surface area (Å²) in [5.41, 5.74) is 7.48. The van der Waals surface area contributed by atoms with Crippen LogP contribution in [0.4, 0.5) is 0 Å². The Hall–Kier alpha value is -3.71. The number of nitrogens with one attached hydrogen (secondary N) is 1. The van der Waals surface area contributed by atoms with E-state index in [2.05, 4.69) is 55.3 Å². The van der Waals surface area contributed by atoms with E-state index >= 15 is 0 Å². The van der Waals surface area contributed by atoms with Gasteiger partial charge in [0.05, 0.1) is 5.56 Å². The van der Waals surface area contributed by atoms with Crippen molar-refractivity contribution < 1.29 is 4.79 Å². The second kappa shape index (κ2) is 10.7. The van der Waals surface area contributed by atoms with Gasteiger partial charge >= 0.3 is 0 Å². The normalized spacial score (nSPS) is 16.1. The van der Waals surface area contributed by atoms with E-state index in [-0.39, 0.29) is 5.91 Å². The lowest BCUT2D eigenvalue weighted by atomic mass is 9.93. The number of rotatable bonds is 7. The SMILES string of the molecule is O=C(NCc1ccccc1)c1c2ncnn(N3CCN(CCc4ccccc4)CC3)c-2c2c1CCCC2. The largest absolute Gasteiger partial charge is 0.348 e. The summed E-state index contributed by atoms with van der Waals surface area (Å²) in [5, 5.41) is 10.2. The first-order chi connectivity index (χ1) is 18.3. The lowest BCUT2D eigenvalue weighted by molar-refractivity contribution is 0.0950. The predicted octanol–water partition coefficient (Wildman–Crippen LogP) is 3.69. The molecule has 1 fully saturated rings. The predicted molar refractivity (Wildman–Crippen MR) is 145 cm³/mol. The van der Waals surface area contributed by atoms with Crippen LogP contribution < -0.4 is 10.3 Å². The molecule has 4 aliphatic rings. The molecule has 0 atom stereocenters. The number of piperazine rings is 1. The van der Waals surface area contributed by atoms with E-state index in [1.807, 2.05) is 30.3 Å². The van der Waals surface area contributed by atoms with E-state index in [1.165, 1.54) is 16.7 Å². The monoisotopic (exact) mass is 494 g/mol. The number of carbonyl (C=O) groups excluding carboxylic acids is 1. The Kier molecular flexibility index (Phi) is 6.86. The minimum absolute atomic E-state index is 0.0343. The van der Waals surface area contributed by atoms with Gasteiger partial charge < -0.3 is 5.32 Å². The molecule has 2 aliphatic carbocycles. The molecule has 37 heavy (non-hydrogen) atoms. The average Bonchev–Trinajstić information content (AvgIpc) is 3.31. The van der Waals surface area contributed by atoms with Gasteiger partial charge in [0, 0.05) is 39.3 Å². The smallest absolute Gasteiger partial charge is 0.254 e. The summed E-state index contributed by atoms with van der Waals surface area (Å²) in [4.78, 5) is 22.7. The summed E-state index contributed by atoms with van der Waals surface area (Å²) >= 11 is 0. The van der Waals surface area contributed by atoms with Gasteiger partial charge in [0.25, 0.3) is 5.91 Å². The Balaban J connectivity index is 1.20. The summed E-state index contributed by atoms with van der Waals surface area (Å²) in [6, 6.07) is 20.8. The number of fused-ring (bicyclic) bond motifs is 3. The fraction of sp³-hybridized carbons (Fsp3) is 0.367. The maximum Gasteiger partial charge on any atom is 0.254 e. The van der Waals surface area contributed by atoms with Crippen LogP contribution in [0.5, 0.6) is 0 Å². The van der Waals surface area contributed by atoms with Gasteiger partial charge in [-0.3, -0.25) is 14.7 Å². The highest BCUT2D eigenvalue weighted by molar-refractivity contribution is 6.03. The van der Waals surface area contributed by atoms with Crippen LogP contribution >= 0.6 is 0 Å². The molecule has 2 heterocycles. The van der Waals surface area contributed by atoms with Gasteiger partial charge in [-0.1, -0.05) is 60.7 Å². The maximum absolute atomic E-state index is 13.5. The van der Waals surface area contributed by atoms with Gasteiger partial charge in [-0.2, -0.15) is 4.79 Å². The summed E-state index contributed by atoms with van der Waals surface area (Å²) in [5.74, 6) is -0.0343. The molecular weight excluding hydrogens is 460 g/mol. The summed E-state index contributed by atoms with van der Waals surface area (Å²) in [6.45, 7) is 5.38. The number of carbonyl (C=O) groups is 1. The van der Waals surface area contributed by atoms with Gasteiger partial charge in [-0.05, 0) is 54.4 Å². The van der Waals surface area contributed by atoms with Crippen molar-refractivity contribution in [1.29, 1.82) is 0 Å². The standard InChI is InChI=1S/C30H34N6O/c37-30(31-21-24-11-5-2-6-12-24)27-25-13-7-8-14-26(25)29-28(27)32-22-33-36(29)35-19-17-34(18-20-35)16-15-23-9-3-1-4-10-23/h1-6,9-12,22H,7-8,13-21H2,(H,31,37). The van der Waals surface area contributed by atoms with Gasteiger partial charge in [-0.25, -0.2) is 4.98 Å². The van der Waals surface area contributed by atoms with Crippen molar-refractivity contribution in [2.24, 2.45) is 0 Å². The lowest BCUT2D eigenvalue weighted by Gasteiger charge is -2.37. The number of hydrogen-bond acceptors (Lipinski definition) is 5. The quantitative estimate of drug-likeness (QED) is 0.425. The number of aromatic nitrogens is 3. The van der Waals surface area contributed by atoms with Crippen molar-refractivity contribution in [3.05, 3.63) is 94.8 Å². The van der Waals surface area contributed by atoms with Gasteiger partial charge in [-0.15, -0.1) is 5.10 Å². The van der Waals surface area contributed by atoms with E-state index in [4.69, 9.17) is 5.10 Å². The van der Waals surface area contributed by atoms with Crippen LogP contribution in [0.3, 0.4) is 0 Å². The first kappa shape index (κ1) is 23.7. The number of hydrogen-bond donors (Lipinski definition) is 1. The summed E-state index contributed by atoms with van der Waals surface area (Å²) < 4.78 is 0. The molecule has 2 aromatic carbocycles. The first-order valence-electron chi connectivity index (χ1n) is 13.5. The molecule has 0 spiro atoms. The Bertz CT molecular complexity index is 1310. The van der Waals surface area contributed by atoms with Gasteiger partial charge in [0.1, 0.15) is 17.7 Å². The molecule has 0 aromatic heterocycles. The Morgan fingerprint density at radius 1 is 0.838 bits per heavy atom. The number of nitrogens with zero attached hydrogens (tertiary/aromatic N) is 5. The van der Waals surface area contributed by atoms with Crippen LogP contribution in [0.1, 0.15) is 45.5 Å². The summed E-state index contributed by atoms with van der Waals surface area (Å²) in [6.07, 6.45) is 6.83. The second-order valence-corrected chi connectivity index (χ2v) is 10.1. The molecule has 7 heteroatoms. The van der Waals surface area contributed by atoms with E-state index in [9.17, 15) is 4.79 Å². The minimum atomic E-state index is -0.0343. The second-order valence-electron chi connectivity index (χ2n) is 10.1. The zero-order valence-electron chi connectivity index (χ0n) is 21.3. The zero-order chi connectivity index (χ0) is 25.0. The third-order valence-electron chi connectivity index (χ3n) is 7.76. The Labute approximate surface area is 218 Å². The molecular formula is C30H34N6O. The molecule has 0 unspecified atom stereocenters. The van der Waals surface area contributed by atoms with E-state index in [0.717, 1.165) is 87.3 Å². The number of benzene rings is 2. The molecule has 1 amide bonds. The topological polar surface area (TPSA) is 66.3 Å². The molecule has 2 aliphatic heterocycles. The van der Waals surface area contributed by atoms with Crippen molar-refractivity contribution in [3.63, 3.8) is 0 Å². The highest BCUT2D eigenvalue weighted by Crippen LogP contribution is 2.39. The molecule has 0 radical (unpaired) electrons. The molecule has 2 aromatic rings.